The Hall–Kier alpha value is -0.0800. The van der Waals surface area contributed by atoms with Gasteiger partial charge in [0, 0.05) is 18.6 Å². The smallest absolute Gasteiger partial charge is 0.0359 e. The quantitative estimate of drug-likeness (QED) is 0.800. The molecule has 0 radical (unpaired) electrons. The van der Waals surface area contributed by atoms with Crippen molar-refractivity contribution >= 4 is 0 Å². The van der Waals surface area contributed by atoms with E-state index < -0.39 is 0 Å². The zero-order chi connectivity index (χ0) is 13.1. The Morgan fingerprint density at radius 3 is 2.47 bits per heavy atom. The fourth-order valence-electron chi connectivity index (χ4n) is 3.67. The van der Waals surface area contributed by atoms with Crippen LogP contribution >= 0.6 is 0 Å². The second-order valence-electron chi connectivity index (χ2n) is 6.40. The second kappa shape index (κ2) is 6.19. The number of nitrogens with zero attached hydrogens (tertiary/aromatic N) is 1. The molecule has 17 heavy (non-hydrogen) atoms. The largest absolute Gasteiger partial charge is 0.329 e. The summed E-state index contributed by atoms with van der Waals surface area (Å²) < 4.78 is 0. The van der Waals surface area contributed by atoms with Crippen LogP contribution in [0.5, 0.6) is 0 Å². The van der Waals surface area contributed by atoms with E-state index in [4.69, 9.17) is 5.73 Å². The summed E-state index contributed by atoms with van der Waals surface area (Å²) in [7, 11) is 0. The van der Waals surface area contributed by atoms with E-state index in [1.54, 1.807) is 0 Å². The van der Waals surface area contributed by atoms with Crippen molar-refractivity contribution in [2.24, 2.45) is 23.5 Å². The molecule has 2 nitrogen and oxygen atoms in total. The van der Waals surface area contributed by atoms with Crippen LogP contribution in [0.3, 0.4) is 0 Å². The van der Waals surface area contributed by atoms with E-state index in [1.165, 1.54) is 25.8 Å². The molecule has 102 valence electrons. The predicted molar refractivity (Wildman–Crippen MR) is 76.0 cm³/mol. The molecule has 1 aliphatic rings. The summed E-state index contributed by atoms with van der Waals surface area (Å²) in [6.07, 6.45) is 4.01. The van der Waals surface area contributed by atoms with Crippen LogP contribution in [-0.4, -0.2) is 30.1 Å². The van der Waals surface area contributed by atoms with Crippen molar-refractivity contribution in [3.63, 3.8) is 0 Å². The molecule has 0 spiro atoms. The van der Waals surface area contributed by atoms with E-state index in [0.29, 0.717) is 0 Å². The highest BCUT2D eigenvalue weighted by Gasteiger charge is 2.44. The topological polar surface area (TPSA) is 29.3 Å². The maximum Gasteiger partial charge on any atom is 0.0359 e. The first-order valence-corrected chi connectivity index (χ1v) is 7.43. The SMILES string of the molecule is CCN(CC(C)C)C1(CN)CCCC(C)C1C. The zero-order valence-electron chi connectivity index (χ0n) is 12.5. The van der Waals surface area contributed by atoms with Crippen molar-refractivity contribution in [1.29, 1.82) is 0 Å². The van der Waals surface area contributed by atoms with Crippen LogP contribution in [0.2, 0.25) is 0 Å². The Labute approximate surface area is 108 Å². The Bertz CT molecular complexity index is 227. The lowest BCUT2D eigenvalue weighted by Crippen LogP contribution is -2.61. The standard InChI is InChI=1S/C15H32N2/c1-6-17(10-12(2)3)15(11-16)9-7-8-13(4)14(15)5/h12-14H,6-11,16H2,1-5H3. The van der Waals surface area contributed by atoms with E-state index in [1.807, 2.05) is 0 Å². The van der Waals surface area contributed by atoms with Crippen molar-refractivity contribution in [1.82, 2.24) is 4.90 Å². The van der Waals surface area contributed by atoms with Gasteiger partial charge < -0.3 is 5.73 Å². The molecule has 0 aromatic rings. The zero-order valence-corrected chi connectivity index (χ0v) is 12.5. The van der Waals surface area contributed by atoms with E-state index in [0.717, 1.165) is 30.8 Å². The minimum atomic E-state index is 0.261. The molecule has 2 N–H and O–H groups in total. The van der Waals surface area contributed by atoms with E-state index >= 15 is 0 Å². The van der Waals surface area contributed by atoms with Gasteiger partial charge in [0.25, 0.3) is 0 Å². The highest BCUT2D eigenvalue weighted by atomic mass is 15.2. The maximum atomic E-state index is 6.20. The monoisotopic (exact) mass is 240 g/mol. The Balaban J connectivity index is 2.90. The summed E-state index contributed by atoms with van der Waals surface area (Å²) in [5.41, 5.74) is 6.46. The van der Waals surface area contributed by atoms with Gasteiger partial charge in [-0.3, -0.25) is 4.90 Å². The molecule has 0 saturated heterocycles. The number of rotatable bonds is 5. The van der Waals surface area contributed by atoms with E-state index in [2.05, 4.69) is 39.5 Å². The van der Waals surface area contributed by atoms with Gasteiger partial charge in [-0.1, -0.05) is 47.5 Å². The lowest BCUT2D eigenvalue weighted by molar-refractivity contribution is -0.0142. The van der Waals surface area contributed by atoms with Gasteiger partial charge >= 0.3 is 0 Å². The molecule has 0 aromatic carbocycles. The first-order valence-electron chi connectivity index (χ1n) is 7.43. The van der Waals surface area contributed by atoms with Crippen LogP contribution in [0.4, 0.5) is 0 Å². The summed E-state index contributed by atoms with van der Waals surface area (Å²) in [5.74, 6) is 2.26. The van der Waals surface area contributed by atoms with Gasteiger partial charge in [0.1, 0.15) is 0 Å². The van der Waals surface area contributed by atoms with Gasteiger partial charge in [-0.05, 0) is 30.7 Å². The van der Waals surface area contributed by atoms with Crippen LogP contribution in [0.1, 0.15) is 53.9 Å². The minimum Gasteiger partial charge on any atom is -0.329 e. The molecule has 0 heterocycles. The minimum absolute atomic E-state index is 0.261. The Kier molecular flexibility index (Phi) is 5.46. The highest BCUT2D eigenvalue weighted by Crippen LogP contribution is 2.41. The van der Waals surface area contributed by atoms with Crippen molar-refractivity contribution in [3.8, 4) is 0 Å². The van der Waals surface area contributed by atoms with Crippen LogP contribution in [0.15, 0.2) is 0 Å². The van der Waals surface area contributed by atoms with Crippen molar-refractivity contribution in [2.75, 3.05) is 19.6 Å². The summed E-state index contributed by atoms with van der Waals surface area (Å²) in [5, 5.41) is 0. The third-order valence-corrected chi connectivity index (χ3v) is 4.92. The summed E-state index contributed by atoms with van der Waals surface area (Å²) in [4.78, 5) is 2.66. The predicted octanol–water partition coefficient (Wildman–Crippen LogP) is 3.12. The normalized spacial score (nSPS) is 34.6. The van der Waals surface area contributed by atoms with Crippen LogP contribution in [0, 0.1) is 17.8 Å². The molecular weight excluding hydrogens is 208 g/mol. The molecule has 1 saturated carbocycles. The summed E-state index contributed by atoms with van der Waals surface area (Å²) >= 11 is 0. The van der Waals surface area contributed by atoms with Crippen molar-refractivity contribution in [3.05, 3.63) is 0 Å². The third kappa shape index (κ3) is 3.03. The van der Waals surface area contributed by atoms with Gasteiger partial charge in [-0.25, -0.2) is 0 Å². The second-order valence-corrected chi connectivity index (χ2v) is 6.40. The van der Waals surface area contributed by atoms with Gasteiger partial charge in [-0.15, -0.1) is 0 Å². The molecule has 3 atom stereocenters. The molecular formula is C15H32N2. The number of hydrogen-bond donors (Lipinski definition) is 1. The van der Waals surface area contributed by atoms with Crippen molar-refractivity contribution in [2.45, 2.75) is 59.4 Å². The van der Waals surface area contributed by atoms with E-state index in [-0.39, 0.29) is 5.54 Å². The van der Waals surface area contributed by atoms with Gasteiger partial charge in [0.05, 0.1) is 0 Å². The fraction of sp³-hybridized carbons (Fsp3) is 1.00. The van der Waals surface area contributed by atoms with Crippen LogP contribution in [-0.2, 0) is 0 Å². The molecule has 0 bridgehead atoms. The molecule has 1 fully saturated rings. The lowest BCUT2D eigenvalue weighted by atomic mass is 9.67. The number of likely N-dealkylation sites (N-methyl/N-ethyl adjacent to an activating group) is 1. The molecule has 1 rings (SSSR count). The van der Waals surface area contributed by atoms with Gasteiger partial charge in [-0.2, -0.15) is 0 Å². The van der Waals surface area contributed by atoms with Crippen LogP contribution < -0.4 is 5.73 Å². The average molecular weight is 240 g/mol. The molecule has 1 aliphatic carbocycles. The molecule has 0 aromatic heterocycles. The van der Waals surface area contributed by atoms with Crippen molar-refractivity contribution < 1.29 is 0 Å². The van der Waals surface area contributed by atoms with Gasteiger partial charge in [0.15, 0.2) is 0 Å². The average Bonchev–Trinajstić information content (AvgIpc) is 2.30. The number of hydrogen-bond acceptors (Lipinski definition) is 2. The van der Waals surface area contributed by atoms with Gasteiger partial charge in [0.2, 0.25) is 0 Å². The fourth-order valence-corrected chi connectivity index (χ4v) is 3.67. The highest BCUT2D eigenvalue weighted by molar-refractivity contribution is 5.00. The Morgan fingerprint density at radius 1 is 1.35 bits per heavy atom. The maximum absolute atomic E-state index is 6.20. The van der Waals surface area contributed by atoms with Crippen LogP contribution in [0.25, 0.3) is 0 Å². The molecule has 3 unspecified atom stereocenters. The third-order valence-electron chi connectivity index (χ3n) is 4.92. The first-order chi connectivity index (χ1) is 7.97. The summed E-state index contributed by atoms with van der Waals surface area (Å²) in [6.45, 7) is 14.9. The lowest BCUT2D eigenvalue weighted by Gasteiger charge is -2.52. The molecule has 0 aliphatic heterocycles. The van der Waals surface area contributed by atoms with E-state index in [9.17, 15) is 0 Å². The first kappa shape index (κ1) is 15.0. The number of nitrogens with two attached hydrogens (primary N) is 1. The Morgan fingerprint density at radius 2 is 2.00 bits per heavy atom. The summed E-state index contributed by atoms with van der Waals surface area (Å²) in [6, 6.07) is 0. The molecule has 2 heteroatoms. The molecule has 0 amide bonds.